The lowest BCUT2D eigenvalue weighted by molar-refractivity contribution is 0.557. The Kier molecular flexibility index (Phi) is 8.07. The van der Waals surface area contributed by atoms with Gasteiger partial charge in [0.2, 0.25) is 0 Å². The molecule has 11 heteroatoms. The van der Waals surface area contributed by atoms with Gasteiger partial charge in [0.1, 0.15) is 11.6 Å². The molecule has 37 heavy (non-hydrogen) atoms. The van der Waals surface area contributed by atoms with Crippen molar-refractivity contribution in [1.82, 2.24) is 4.98 Å². The number of thiophene rings is 2. The zero-order chi connectivity index (χ0) is 26.4. The number of hydrogen-bond donors (Lipinski definition) is 0. The Morgan fingerprint density at radius 3 is 1.43 bits per heavy atom. The molecular weight excluding hydrogens is 641 g/mol. The molecule has 187 valence electrons. The molecule has 0 bridgehead atoms. The highest BCUT2D eigenvalue weighted by molar-refractivity contribution is 7.14. The fraction of sp³-hybridized carbons (Fsp3) is 0. The zero-order valence-corrected chi connectivity index (χ0v) is 24.2. The first kappa shape index (κ1) is 27.2. The third kappa shape index (κ3) is 4.90. The zero-order valence-electron chi connectivity index (χ0n) is 18.1. The van der Waals surface area contributed by atoms with Gasteiger partial charge in [-0.1, -0.05) is 81.7 Å². The third-order valence-corrected chi connectivity index (χ3v) is 9.20. The smallest absolute Gasteiger partial charge is 0.148 e. The highest BCUT2D eigenvalue weighted by Gasteiger charge is 2.35. The van der Waals surface area contributed by atoms with Gasteiger partial charge in [-0.3, -0.25) is 4.98 Å². The molecule has 0 atom stereocenters. The van der Waals surface area contributed by atoms with E-state index in [-0.39, 0.29) is 47.2 Å². The number of halogens is 8. The van der Waals surface area contributed by atoms with Gasteiger partial charge in [-0.05, 0) is 35.0 Å². The molecule has 0 spiro atoms. The second-order valence-electron chi connectivity index (χ2n) is 7.62. The van der Waals surface area contributed by atoms with Crippen LogP contribution < -0.4 is 0 Å². The molecule has 1 nitrogen and oxygen atoms in total. The molecule has 0 saturated heterocycles. The molecule has 0 fully saturated rings. The lowest BCUT2D eigenvalue weighted by atomic mass is 9.83. The van der Waals surface area contributed by atoms with Crippen LogP contribution in [0.2, 0.25) is 30.1 Å². The average Bonchev–Trinajstić information content (AvgIpc) is 3.53. The molecule has 0 aliphatic carbocycles. The Bertz CT molecular complexity index is 1510. The van der Waals surface area contributed by atoms with Crippen molar-refractivity contribution in [3.63, 3.8) is 0 Å². The van der Waals surface area contributed by atoms with E-state index in [0.29, 0.717) is 11.1 Å². The molecule has 0 aliphatic rings. The van der Waals surface area contributed by atoms with E-state index >= 15 is 8.78 Å². The molecule has 3 aromatic heterocycles. The van der Waals surface area contributed by atoms with Gasteiger partial charge in [0.05, 0.1) is 38.4 Å². The van der Waals surface area contributed by atoms with Crippen LogP contribution in [0.4, 0.5) is 8.78 Å². The highest BCUT2D eigenvalue weighted by Crippen LogP contribution is 2.53. The van der Waals surface area contributed by atoms with Gasteiger partial charge in [-0.25, -0.2) is 8.78 Å². The first-order valence-corrected chi connectivity index (χ1v) is 14.3. The minimum absolute atomic E-state index is 0.0423. The highest BCUT2D eigenvalue weighted by atomic mass is 35.5. The van der Waals surface area contributed by atoms with Crippen LogP contribution in [0.15, 0.2) is 59.6 Å². The van der Waals surface area contributed by atoms with Crippen molar-refractivity contribution in [3.05, 3.63) is 124 Å². The van der Waals surface area contributed by atoms with Crippen LogP contribution in [0.1, 0.15) is 16.7 Å². The summed E-state index contributed by atoms with van der Waals surface area (Å²) in [4.78, 5) is 5.08. The Morgan fingerprint density at radius 2 is 1.05 bits per heavy atom. The SMILES string of the molecule is Fc1cncc(F)c1[C](c1c(Cl)cc(Cl)c(-c2cccs2)c1Cl)c1c(Cl)cc(Cl)c(-c2cccs2)c1Cl. The van der Waals surface area contributed by atoms with E-state index in [2.05, 4.69) is 4.98 Å². The van der Waals surface area contributed by atoms with Gasteiger partial charge in [0, 0.05) is 47.6 Å². The first-order valence-electron chi connectivity index (χ1n) is 10.3. The van der Waals surface area contributed by atoms with Crippen LogP contribution in [0.25, 0.3) is 20.9 Å². The van der Waals surface area contributed by atoms with E-state index in [4.69, 9.17) is 69.6 Å². The van der Waals surface area contributed by atoms with Crippen LogP contribution in [0, 0.1) is 17.6 Å². The van der Waals surface area contributed by atoms with Crippen LogP contribution in [-0.2, 0) is 0 Å². The summed E-state index contributed by atoms with van der Waals surface area (Å²) in [5.74, 6) is -1.99. The molecule has 2 aromatic carbocycles. The number of rotatable bonds is 5. The Morgan fingerprint density at radius 1 is 0.622 bits per heavy atom. The molecule has 5 rings (SSSR count). The molecule has 5 aromatic rings. The van der Waals surface area contributed by atoms with Gasteiger partial charge in [0.15, 0.2) is 0 Å². The van der Waals surface area contributed by atoms with Crippen LogP contribution >= 0.6 is 92.3 Å². The van der Waals surface area contributed by atoms with Crippen molar-refractivity contribution >= 4 is 92.3 Å². The van der Waals surface area contributed by atoms with E-state index in [0.717, 1.165) is 22.1 Å². The molecule has 0 saturated carbocycles. The fourth-order valence-electron chi connectivity index (χ4n) is 3.96. The van der Waals surface area contributed by atoms with Crippen LogP contribution in [0.3, 0.4) is 0 Å². The lowest BCUT2D eigenvalue weighted by Crippen LogP contribution is -2.13. The van der Waals surface area contributed by atoms with E-state index in [9.17, 15) is 0 Å². The van der Waals surface area contributed by atoms with Crippen molar-refractivity contribution in [2.45, 2.75) is 0 Å². The molecule has 3 heterocycles. The first-order chi connectivity index (χ1) is 17.7. The van der Waals surface area contributed by atoms with Crippen molar-refractivity contribution in [2.24, 2.45) is 0 Å². The van der Waals surface area contributed by atoms with Gasteiger partial charge in [0.25, 0.3) is 0 Å². The van der Waals surface area contributed by atoms with Gasteiger partial charge in [-0.15, -0.1) is 22.7 Å². The molecule has 1 radical (unpaired) electrons. The quantitative estimate of drug-likeness (QED) is 0.184. The van der Waals surface area contributed by atoms with E-state index in [1.54, 1.807) is 0 Å². The maximum absolute atomic E-state index is 15.4. The maximum Gasteiger partial charge on any atom is 0.148 e. The van der Waals surface area contributed by atoms with E-state index in [1.807, 2.05) is 35.0 Å². The summed E-state index contributed by atoms with van der Waals surface area (Å²) >= 11 is 43.1. The molecular formula is C26H10Cl6F2NS2. The summed E-state index contributed by atoms with van der Waals surface area (Å²) in [5.41, 5.74) is 0.642. The predicted molar refractivity (Wildman–Crippen MR) is 154 cm³/mol. The Balaban J connectivity index is 1.92. The lowest BCUT2D eigenvalue weighted by Gasteiger charge is -2.26. The number of hydrogen-bond acceptors (Lipinski definition) is 3. The van der Waals surface area contributed by atoms with Crippen molar-refractivity contribution in [1.29, 1.82) is 0 Å². The summed E-state index contributed by atoms with van der Waals surface area (Å²) in [7, 11) is 0. The topological polar surface area (TPSA) is 12.9 Å². The molecule has 0 amide bonds. The minimum atomic E-state index is -0.963. The van der Waals surface area contributed by atoms with Gasteiger partial charge >= 0.3 is 0 Å². The van der Waals surface area contributed by atoms with Gasteiger partial charge < -0.3 is 0 Å². The van der Waals surface area contributed by atoms with Crippen molar-refractivity contribution in [2.75, 3.05) is 0 Å². The molecule has 0 aliphatic heterocycles. The van der Waals surface area contributed by atoms with Crippen molar-refractivity contribution in [3.8, 4) is 20.9 Å². The van der Waals surface area contributed by atoms with E-state index < -0.39 is 17.2 Å². The largest absolute Gasteiger partial charge is 0.259 e. The number of nitrogens with zero attached hydrogens (tertiary/aromatic N) is 1. The van der Waals surface area contributed by atoms with Gasteiger partial charge in [-0.2, -0.15) is 0 Å². The van der Waals surface area contributed by atoms with Crippen LogP contribution in [0.5, 0.6) is 0 Å². The molecule has 0 N–H and O–H groups in total. The van der Waals surface area contributed by atoms with E-state index in [1.165, 1.54) is 34.8 Å². The second-order valence-corrected chi connectivity index (χ2v) is 11.9. The third-order valence-electron chi connectivity index (χ3n) is 5.48. The maximum atomic E-state index is 15.4. The Labute approximate surface area is 249 Å². The molecule has 0 unspecified atom stereocenters. The number of pyridine rings is 1. The Hall–Kier alpha value is -1.41. The fourth-order valence-corrected chi connectivity index (χ4v) is 8.07. The number of benzene rings is 2. The summed E-state index contributed by atoms with van der Waals surface area (Å²) in [6.45, 7) is 0. The standard InChI is InChI=1S/C26H10Cl6F2NS2/c27-11-7-13(29)21(25(31)19(11)17-3-1-5-36-17)24(23-15(33)9-35-10-16(23)34)22-14(30)8-12(28)20(26(22)32)18-4-2-6-37-18/h1-10H. The van der Waals surface area contributed by atoms with Crippen LogP contribution in [-0.4, -0.2) is 4.98 Å². The van der Waals surface area contributed by atoms with Crippen molar-refractivity contribution < 1.29 is 8.78 Å². The summed E-state index contributed by atoms with van der Waals surface area (Å²) < 4.78 is 30.7. The predicted octanol–water partition coefficient (Wildman–Crippen LogP) is 11.8. The average molecular weight is 651 g/mol. The second kappa shape index (κ2) is 11.0. The monoisotopic (exact) mass is 648 g/mol. The normalized spacial score (nSPS) is 11.5. The summed E-state index contributed by atoms with van der Waals surface area (Å²) in [6.07, 6.45) is 1.77. The summed E-state index contributed by atoms with van der Waals surface area (Å²) in [6, 6.07) is 10.2. The minimum Gasteiger partial charge on any atom is -0.259 e. The summed E-state index contributed by atoms with van der Waals surface area (Å²) in [5, 5.41) is 4.47. The number of aromatic nitrogens is 1.